The van der Waals surface area contributed by atoms with Gasteiger partial charge in [-0.1, -0.05) is 46.7 Å². The van der Waals surface area contributed by atoms with Crippen LogP contribution in [0.3, 0.4) is 0 Å². The molecule has 13 heteroatoms. The van der Waals surface area contributed by atoms with Crippen LogP contribution in [0.5, 0.6) is 0 Å². The monoisotopic (exact) mass is 570 g/mol. The Bertz CT molecular complexity index is 1380. The Morgan fingerprint density at radius 1 is 1.18 bits per heavy atom. The fraction of sp³-hybridized carbons (Fsp3) is 0.360. The van der Waals surface area contributed by atoms with Crippen molar-refractivity contribution in [1.82, 2.24) is 15.3 Å². The molecule has 3 atom stereocenters. The number of carboxylic acids is 1. The maximum absolute atomic E-state index is 12.7. The van der Waals surface area contributed by atoms with Crippen molar-refractivity contribution in [1.29, 1.82) is 0 Å². The fourth-order valence-corrected chi connectivity index (χ4v) is 6.17. The SMILES string of the molecule is CCOC(=O)c1sc(N2C[C@@H]3[C@H](C2)[C@H]3NC(=O)c2[nH]c(C)c(Cl)c2Cl)nc1Cc1ccc(C(=O)O)cc1.[LiH]. The number of aromatic amines is 1. The van der Waals surface area contributed by atoms with E-state index < -0.39 is 11.9 Å². The molecule has 1 aliphatic carbocycles. The first-order valence-corrected chi connectivity index (χ1v) is 13.3. The van der Waals surface area contributed by atoms with E-state index in [4.69, 9.17) is 38.0 Å². The number of H-pyrrole nitrogens is 1. The van der Waals surface area contributed by atoms with Gasteiger partial charge in [-0.05, 0) is 31.5 Å². The summed E-state index contributed by atoms with van der Waals surface area (Å²) in [5, 5.41) is 13.5. The average Bonchev–Trinajstić information content (AvgIpc) is 3.22. The first-order valence-electron chi connectivity index (χ1n) is 11.8. The van der Waals surface area contributed by atoms with E-state index >= 15 is 0 Å². The Balaban J connectivity index is 0.00000336. The molecule has 38 heavy (non-hydrogen) atoms. The third-order valence-corrected chi connectivity index (χ3v) is 8.85. The average molecular weight is 571 g/mol. The second-order valence-electron chi connectivity index (χ2n) is 9.16. The Morgan fingerprint density at radius 2 is 1.84 bits per heavy atom. The van der Waals surface area contributed by atoms with Crippen molar-refractivity contribution >= 4 is 76.4 Å². The number of halogens is 2. The van der Waals surface area contributed by atoms with E-state index in [9.17, 15) is 14.4 Å². The van der Waals surface area contributed by atoms with Gasteiger partial charge in [0, 0.05) is 43.1 Å². The summed E-state index contributed by atoms with van der Waals surface area (Å²) in [7, 11) is 0. The number of hydrogen-bond donors (Lipinski definition) is 3. The summed E-state index contributed by atoms with van der Waals surface area (Å²) < 4.78 is 5.25. The van der Waals surface area contributed by atoms with Gasteiger partial charge in [0.15, 0.2) is 5.13 Å². The van der Waals surface area contributed by atoms with Crippen LogP contribution in [0.2, 0.25) is 10.0 Å². The molecule has 3 aromatic rings. The molecule has 196 valence electrons. The molecular weight excluding hydrogens is 546 g/mol. The number of amides is 1. The van der Waals surface area contributed by atoms with E-state index in [1.807, 2.05) is 0 Å². The van der Waals surface area contributed by atoms with E-state index in [2.05, 4.69) is 15.2 Å². The number of ether oxygens (including phenoxy) is 1. The number of nitrogens with one attached hydrogen (secondary N) is 2. The molecule has 2 aliphatic rings. The van der Waals surface area contributed by atoms with Gasteiger partial charge in [0.25, 0.3) is 5.91 Å². The third-order valence-electron chi connectivity index (χ3n) is 6.76. The summed E-state index contributed by atoms with van der Waals surface area (Å²) in [6, 6.07) is 6.56. The number of thiazole rings is 1. The number of piperidine rings is 1. The maximum atomic E-state index is 12.7. The number of rotatable bonds is 8. The second kappa shape index (κ2) is 11.3. The van der Waals surface area contributed by atoms with E-state index in [-0.39, 0.29) is 65.5 Å². The van der Waals surface area contributed by atoms with Gasteiger partial charge in [-0.25, -0.2) is 14.6 Å². The van der Waals surface area contributed by atoms with Crippen LogP contribution in [0.15, 0.2) is 24.3 Å². The topological polar surface area (TPSA) is 125 Å². The minimum atomic E-state index is -0.994. The number of benzene rings is 1. The molecule has 1 saturated carbocycles. The van der Waals surface area contributed by atoms with Crippen molar-refractivity contribution in [2.45, 2.75) is 26.3 Å². The zero-order valence-corrected chi connectivity index (χ0v) is 22.3. The standard InChI is InChI=1S/C25H24Cl2N4O5S.Li.H/c1-3-36-24(35)21-16(8-12-4-6-13(7-5-12)23(33)34)29-25(37-21)31-9-14-15(10-31)19(14)30-22(32)20-18(27)17(26)11(2)28-20;;/h4-7,14-15,19,28H,3,8-10H2,1-2H3,(H,30,32)(H,33,34);;/t14-,15+,19+;;. The molecule has 1 amide bonds. The number of anilines is 1. The van der Waals surface area contributed by atoms with Crippen LogP contribution in [0.25, 0.3) is 0 Å². The zero-order valence-electron chi connectivity index (χ0n) is 20.0. The van der Waals surface area contributed by atoms with Crippen molar-refractivity contribution in [3.8, 4) is 0 Å². The molecule has 0 bridgehead atoms. The zero-order chi connectivity index (χ0) is 26.4. The van der Waals surface area contributed by atoms with Crippen LogP contribution in [0, 0.1) is 18.8 Å². The predicted molar refractivity (Wildman–Crippen MR) is 147 cm³/mol. The Labute approximate surface area is 245 Å². The number of aromatic carboxylic acids is 1. The number of fused-ring (bicyclic) bond motifs is 1. The van der Waals surface area contributed by atoms with Gasteiger partial charge in [-0.15, -0.1) is 0 Å². The van der Waals surface area contributed by atoms with Crippen molar-refractivity contribution < 1.29 is 24.2 Å². The fourth-order valence-electron chi connectivity index (χ4n) is 4.76. The van der Waals surface area contributed by atoms with Gasteiger partial charge in [-0.2, -0.15) is 0 Å². The number of aromatic nitrogens is 2. The third kappa shape index (κ3) is 5.47. The Kier molecular flexibility index (Phi) is 8.50. The Hall–Kier alpha value is -2.48. The van der Waals surface area contributed by atoms with Gasteiger partial charge >= 0.3 is 30.8 Å². The number of carbonyl (C=O) groups excluding carboxylic acids is 2. The molecule has 0 spiro atoms. The molecule has 3 N–H and O–H groups in total. The van der Waals surface area contributed by atoms with Gasteiger partial charge in [-0.3, -0.25) is 4.79 Å². The molecule has 1 saturated heterocycles. The minimum absolute atomic E-state index is 0. The van der Waals surface area contributed by atoms with E-state index in [0.29, 0.717) is 40.8 Å². The predicted octanol–water partition coefficient (Wildman–Crippen LogP) is 3.77. The molecular formula is C25H25Cl2LiN4O5S. The van der Waals surface area contributed by atoms with Crippen LogP contribution >= 0.6 is 34.5 Å². The van der Waals surface area contributed by atoms with Crippen LogP contribution in [-0.2, 0) is 11.2 Å². The summed E-state index contributed by atoms with van der Waals surface area (Å²) in [6.45, 7) is 5.17. The molecule has 1 aromatic carbocycles. The number of carboxylic acid groups (broad SMARTS) is 1. The summed E-state index contributed by atoms with van der Waals surface area (Å²) >= 11 is 13.6. The van der Waals surface area contributed by atoms with Crippen LogP contribution in [-0.4, -0.2) is 77.5 Å². The summed E-state index contributed by atoms with van der Waals surface area (Å²) in [4.78, 5) is 46.7. The quantitative estimate of drug-likeness (QED) is 0.278. The van der Waals surface area contributed by atoms with Gasteiger partial charge < -0.3 is 25.0 Å². The molecule has 9 nitrogen and oxygen atoms in total. The number of esters is 1. The normalized spacial score (nSPS) is 19.5. The summed E-state index contributed by atoms with van der Waals surface area (Å²) in [5.74, 6) is -1.14. The van der Waals surface area contributed by atoms with Gasteiger partial charge in [0.1, 0.15) is 10.6 Å². The first-order chi connectivity index (χ1) is 17.7. The van der Waals surface area contributed by atoms with E-state index in [1.165, 1.54) is 23.5 Å². The number of aryl methyl sites for hydroxylation is 1. The molecule has 0 unspecified atom stereocenters. The second-order valence-corrected chi connectivity index (χ2v) is 10.9. The van der Waals surface area contributed by atoms with Crippen LogP contribution in [0.1, 0.15) is 54.4 Å². The molecule has 3 heterocycles. The molecule has 1 aliphatic heterocycles. The van der Waals surface area contributed by atoms with Crippen LogP contribution in [0.4, 0.5) is 5.13 Å². The summed E-state index contributed by atoms with van der Waals surface area (Å²) in [6.07, 6.45) is 0.378. The van der Waals surface area contributed by atoms with Crippen molar-refractivity contribution in [2.24, 2.45) is 11.8 Å². The molecule has 5 rings (SSSR count). The first kappa shape index (κ1) is 28.5. The number of hydrogen-bond acceptors (Lipinski definition) is 7. The Morgan fingerprint density at radius 3 is 2.39 bits per heavy atom. The van der Waals surface area contributed by atoms with Crippen molar-refractivity contribution in [3.63, 3.8) is 0 Å². The molecule has 2 fully saturated rings. The number of carbonyl (C=O) groups is 3. The van der Waals surface area contributed by atoms with Gasteiger partial charge in [0.2, 0.25) is 0 Å². The summed E-state index contributed by atoms with van der Waals surface area (Å²) in [5.41, 5.74) is 2.56. The van der Waals surface area contributed by atoms with E-state index in [0.717, 1.165) is 10.7 Å². The van der Waals surface area contributed by atoms with E-state index in [1.54, 1.807) is 26.0 Å². The molecule has 0 radical (unpaired) electrons. The van der Waals surface area contributed by atoms with Crippen molar-refractivity contribution in [3.05, 3.63) is 67.4 Å². The molecule has 2 aromatic heterocycles. The van der Waals surface area contributed by atoms with Crippen LogP contribution < -0.4 is 10.2 Å². The van der Waals surface area contributed by atoms with Gasteiger partial charge in [0.05, 0.1) is 27.9 Å². The van der Waals surface area contributed by atoms with Crippen molar-refractivity contribution in [2.75, 3.05) is 24.6 Å². The number of nitrogens with zero attached hydrogens (tertiary/aromatic N) is 2.